The highest BCUT2D eigenvalue weighted by Gasteiger charge is 2.11. The molecule has 1 amide bonds. The minimum absolute atomic E-state index is 0.116. The van der Waals surface area contributed by atoms with Crippen LogP contribution >= 0.6 is 0 Å². The minimum atomic E-state index is 0.116. The molecule has 1 atom stereocenters. The Morgan fingerprint density at radius 3 is 2.59 bits per heavy atom. The summed E-state index contributed by atoms with van der Waals surface area (Å²) in [6, 6.07) is 10.8. The molecule has 0 aliphatic rings. The van der Waals surface area contributed by atoms with E-state index < -0.39 is 0 Å². The van der Waals surface area contributed by atoms with Gasteiger partial charge in [-0.3, -0.25) is 9.69 Å². The highest BCUT2D eigenvalue weighted by atomic mass is 16.1. The summed E-state index contributed by atoms with van der Waals surface area (Å²) in [5, 5.41) is 2.65. The normalized spacial score (nSPS) is 12.5. The van der Waals surface area contributed by atoms with Gasteiger partial charge >= 0.3 is 0 Å². The maximum absolute atomic E-state index is 11.2. The van der Waals surface area contributed by atoms with Crippen LogP contribution in [-0.4, -0.2) is 30.9 Å². The number of rotatable bonds is 6. The van der Waals surface area contributed by atoms with Crippen LogP contribution in [0, 0.1) is 0 Å². The van der Waals surface area contributed by atoms with Gasteiger partial charge in [-0.15, -0.1) is 0 Å². The number of nitrogens with one attached hydrogen (secondary N) is 1. The van der Waals surface area contributed by atoms with E-state index in [1.807, 2.05) is 6.07 Å². The van der Waals surface area contributed by atoms with Gasteiger partial charge in [-0.25, -0.2) is 0 Å². The van der Waals surface area contributed by atoms with Crippen molar-refractivity contribution in [1.29, 1.82) is 0 Å². The summed E-state index contributed by atoms with van der Waals surface area (Å²) in [7, 11) is 3.78. The fraction of sp³-hybridized carbons (Fsp3) is 0.500. The van der Waals surface area contributed by atoms with Crippen LogP contribution in [0.2, 0.25) is 0 Å². The average molecular weight is 234 g/mol. The van der Waals surface area contributed by atoms with Crippen molar-refractivity contribution in [3.05, 3.63) is 35.9 Å². The van der Waals surface area contributed by atoms with Crippen molar-refractivity contribution in [1.82, 2.24) is 10.2 Å². The van der Waals surface area contributed by atoms with Crippen LogP contribution in [0.4, 0.5) is 0 Å². The van der Waals surface area contributed by atoms with E-state index in [9.17, 15) is 4.79 Å². The van der Waals surface area contributed by atoms with Crippen LogP contribution in [0.1, 0.15) is 25.3 Å². The number of carbonyl (C=O) groups excluding carboxylic acids is 1. The molecule has 3 heteroatoms. The molecule has 0 radical (unpaired) electrons. The van der Waals surface area contributed by atoms with Crippen molar-refractivity contribution in [2.45, 2.75) is 32.4 Å². The quantitative estimate of drug-likeness (QED) is 0.817. The van der Waals surface area contributed by atoms with Crippen LogP contribution in [-0.2, 0) is 11.3 Å². The molecule has 0 bridgehead atoms. The molecular weight excluding hydrogens is 212 g/mol. The fourth-order valence-electron chi connectivity index (χ4n) is 1.71. The second kappa shape index (κ2) is 7.07. The first-order valence-corrected chi connectivity index (χ1v) is 6.08. The summed E-state index contributed by atoms with van der Waals surface area (Å²) in [5.41, 5.74) is 1.31. The van der Waals surface area contributed by atoms with E-state index >= 15 is 0 Å². The van der Waals surface area contributed by atoms with Crippen molar-refractivity contribution in [2.75, 3.05) is 14.1 Å². The Labute approximate surface area is 104 Å². The summed E-state index contributed by atoms with van der Waals surface area (Å²) in [6.45, 7) is 3.08. The maximum atomic E-state index is 11.2. The molecule has 0 aromatic heterocycles. The Hall–Kier alpha value is -1.35. The van der Waals surface area contributed by atoms with E-state index in [-0.39, 0.29) is 5.91 Å². The second-order valence-electron chi connectivity index (χ2n) is 4.46. The van der Waals surface area contributed by atoms with Crippen molar-refractivity contribution >= 4 is 5.91 Å². The van der Waals surface area contributed by atoms with Gasteiger partial charge < -0.3 is 5.32 Å². The summed E-state index contributed by atoms with van der Waals surface area (Å²) in [4.78, 5) is 13.4. The lowest BCUT2D eigenvalue weighted by Gasteiger charge is -2.24. The lowest BCUT2D eigenvalue weighted by Crippen LogP contribution is -2.30. The molecule has 3 nitrogen and oxygen atoms in total. The van der Waals surface area contributed by atoms with Gasteiger partial charge in [0.15, 0.2) is 0 Å². The van der Waals surface area contributed by atoms with Crippen LogP contribution in [0.5, 0.6) is 0 Å². The van der Waals surface area contributed by atoms with Crippen LogP contribution < -0.4 is 5.32 Å². The van der Waals surface area contributed by atoms with Gasteiger partial charge in [-0.1, -0.05) is 30.3 Å². The highest BCUT2D eigenvalue weighted by Crippen LogP contribution is 2.09. The van der Waals surface area contributed by atoms with E-state index in [4.69, 9.17) is 0 Å². The molecule has 94 valence electrons. The predicted octanol–water partition coefficient (Wildman–Crippen LogP) is 2.03. The smallest absolute Gasteiger partial charge is 0.219 e. The number of nitrogens with zero attached hydrogens (tertiary/aromatic N) is 1. The summed E-state index contributed by atoms with van der Waals surface area (Å²) in [5.74, 6) is 0.116. The molecule has 1 N–H and O–H groups in total. The van der Waals surface area contributed by atoms with Gasteiger partial charge in [-0.05, 0) is 26.0 Å². The number of amides is 1. The Morgan fingerprint density at radius 1 is 1.35 bits per heavy atom. The molecule has 0 heterocycles. The molecule has 17 heavy (non-hydrogen) atoms. The summed E-state index contributed by atoms with van der Waals surface area (Å²) >= 11 is 0. The Morgan fingerprint density at radius 2 is 2.00 bits per heavy atom. The summed E-state index contributed by atoms with van der Waals surface area (Å²) < 4.78 is 0. The first kappa shape index (κ1) is 13.7. The van der Waals surface area contributed by atoms with Gasteiger partial charge in [0.2, 0.25) is 5.91 Å². The van der Waals surface area contributed by atoms with Crippen molar-refractivity contribution in [3.8, 4) is 0 Å². The van der Waals surface area contributed by atoms with Gasteiger partial charge in [-0.2, -0.15) is 0 Å². The van der Waals surface area contributed by atoms with E-state index in [0.717, 1.165) is 13.0 Å². The van der Waals surface area contributed by atoms with Crippen LogP contribution in [0.3, 0.4) is 0 Å². The molecule has 0 fully saturated rings. The molecule has 1 aromatic carbocycles. The molecule has 0 aliphatic carbocycles. The van der Waals surface area contributed by atoms with Crippen molar-refractivity contribution < 1.29 is 4.79 Å². The van der Waals surface area contributed by atoms with Gasteiger partial charge in [0, 0.05) is 26.1 Å². The zero-order valence-corrected chi connectivity index (χ0v) is 10.9. The number of benzene rings is 1. The number of hydrogen-bond donors (Lipinski definition) is 1. The Bertz CT molecular complexity index is 337. The van der Waals surface area contributed by atoms with E-state index in [2.05, 4.69) is 48.5 Å². The Kier molecular flexibility index (Phi) is 5.70. The fourth-order valence-corrected chi connectivity index (χ4v) is 1.71. The summed E-state index contributed by atoms with van der Waals surface area (Å²) in [6.07, 6.45) is 1.49. The molecule has 0 saturated carbocycles. The third kappa shape index (κ3) is 5.00. The van der Waals surface area contributed by atoms with E-state index in [1.54, 1.807) is 7.05 Å². The van der Waals surface area contributed by atoms with Crippen molar-refractivity contribution in [3.63, 3.8) is 0 Å². The van der Waals surface area contributed by atoms with Crippen molar-refractivity contribution in [2.24, 2.45) is 0 Å². The van der Waals surface area contributed by atoms with E-state index in [1.165, 1.54) is 5.56 Å². The van der Waals surface area contributed by atoms with Gasteiger partial charge in [0.25, 0.3) is 0 Å². The topological polar surface area (TPSA) is 32.3 Å². The minimum Gasteiger partial charge on any atom is -0.359 e. The zero-order valence-electron chi connectivity index (χ0n) is 10.9. The maximum Gasteiger partial charge on any atom is 0.219 e. The Balaban J connectivity index is 2.37. The molecule has 0 saturated heterocycles. The molecule has 1 rings (SSSR count). The predicted molar refractivity (Wildman–Crippen MR) is 70.7 cm³/mol. The third-order valence-corrected chi connectivity index (χ3v) is 3.10. The third-order valence-electron chi connectivity index (χ3n) is 3.10. The van der Waals surface area contributed by atoms with Crippen LogP contribution in [0.25, 0.3) is 0 Å². The molecule has 1 aromatic rings. The van der Waals surface area contributed by atoms with Crippen LogP contribution in [0.15, 0.2) is 30.3 Å². The lowest BCUT2D eigenvalue weighted by molar-refractivity contribution is -0.120. The second-order valence-corrected chi connectivity index (χ2v) is 4.46. The first-order valence-electron chi connectivity index (χ1n) is 6.08. The largest absolute Gasteiger partial charge is 0.359 e. The highest BCUT2D eigenvalue weighted by molar-refractivity contribution is 5.75. The first-order chi connectivity index (χ1) is 8.13. The van der Waals surface area contributed by atoms with E-state index in [0.29, 0.717) is 12.5 Å². The SMILES string of the molecule is CNC(=O)CCC(C)N(C)Cc1ccccc1. The molecular formula is C14H22N2O. The number of carbonyl (C=O) groups is 1. The molecule has 1 unspecified atom stereocenters. The standard InChI is InChI=1S/C14H22N2O/c1-12(9-10-14(17)15-2)16(3)11-13-7-5-4-6-8-13/h4-8,12H,9-11H2,1-3H3,(H,15,17). The lowest BCUT2D eigenvalue weighted by atomic mass is 10.1. The zero-order chi connectivity index (χ0) is 12.7. The monoisotopic (exact) mass is 234 g/mol. The van der Waals surface area contributed by atoms with Gasteiger partial charge in [0.1, 0.15) is 0 Å². The number of hydrogen-bond acceptors (Lipinski definition) is 2. The average Bonchev–Trinajstić information content (AvgIpc) is 2.36. The van der Waals surface area contributed by atoms with Gasteiger partial charge in [0.05, 0.1) is 0 Å². The molecule has 0 aliphatic heterocycles. The molecule has 0 spiro atoms.